The lowest BCUT2D eigenvalue weighted by atomic mass is 9.89. The van der Waals surface area contributed by atoms with E-state index in [9.17, 15) is 0 Å². The van der Waals surface area contributed by atoms with E-state index < -0.39 is 0 Å². The molecule has 0 aliphatic carbocycles. The fraction of sp³-hybridized carbons (Fsp3) is 0.947. The first-order valence-electron chi connectivity index (χ1n) is 9.60. The van der Waals surface area contributed by atoms with Gasteiger partial charge in [0.25, 0.3) is 0 Å². The highest BCUT2D eigenvalue weighted by molar-refractivity contribution is 14.0. The summed E-state index contributed by atoms with van der Waals surface area (Å²) in [6, 6.07) is 0.476. The largest absolute Gasteiger partial charge is 0.379 e. The molecule has 0 aromatic heterocycles. The number of piperidine rings is 1. The zero-order chi connectivity index (χ0) is 18.9. The minimum absolute atomic E-state index is 0. The molecule has 7 heteroatoms. The van der Waals surface area contributed by atoms with Crippen molar-refractivity contribution in [2.45, 2.75) is 65.7 Å². The third-order valence-corrected chi connectivity index (χ3v) is 4.72. The van der Waals surface area contributed by atoms with Gasteiger partial charge in [-0.1, -0.05) is 20.8 Å². The van der Waals surface area contributed by atoms with Crippen LogP contribution in [0.3, 0.4) is 0 Å². The highest BCUT2D eigenvalue weighted by Crippen LogP contribution is 2.21. The Morgan fingerprint density at radius 3 is 2.31 bits per heavy atom. The number of nitrogens with one attached hydrogen (secondary N) is 2. The second-order valence-corrected chi connectivity index (χ2v) is 8.22. The van der Waals surface area contributed by atoms with Crippen LogP contribution in [0.1, 0.15) is 47.5 Å². The molecule has 0 radical (unpaired) electrons. The summed E-state index contributed by atoms with van der Waals surface area (Å²) >= 11 is 0. The number of aliphatic imine (C=N–C) groups is 1. The second kappa shape index (κ2) is 13.1. The molecule has 1 atom stereocenters. The standard InChI is InChI=1S/C19H40N4O2.HI/c1-15(2)25-13-12-23-10-8-16(9-11-23)22-18(20-6)21-14-17(24-7)19(3,4)5;/h15-17H,8-14H2,1-7H3,(H2,20,21,22);1H. The van der Waals surface area contributed by atoms with Crippen LogP contribution in [-0.4, -0.2) is 76.1 Å². The normalized spacial score (nSPS) is 18.5. The molecule has 1 heterocycles. The summed E-state index contributed by atoms with van der Waals surface area (Å²) in [6.07, 6.45) is 2.73. The van der Waals surface area contributed by atoms with Crippen molar-refractivity contribution < 1.29 is 9.47 Å². The molecule has 1 aliphatic heterocycles. The Kier molecular flexibility index (Phi) is 13.1. The van der Waals surface area contributed by atoms with E-state index in [0.717, 1.165) is 51.6 Å². The van der Waals surface area contributed by atoms with Gasteiger partial charge in [-0.3, -0.25) is 4.99 Å². The molecular weight excluding hydrogens is 443 g/mol. The van der Waals surface area contributed by atoms with Crippen molar-refractivity contribution in [2.75, 3.05) is 46.9 Å². The van der Waals surface area contributed by atoms with Gasteiger partial charge in [0, 0.05) is 46.4 Å². The monoisotopic (exact) mass is 484 g/mol. The number of hydrogen-bond acceptors (Lipinski definition) is 4. The smallest absolute Gasteiger partial charge is 0.191 e. The van der Waals surface area contributed by atoms with Crippen molar-refractivity contribution in [1.29, 1.82) is 0 Å². The van der Waals surface area contributed by atoms with Crippen LogP contribution in [0.4, 0.5) is 0 Å². The number of guanidine groups is 1. The van der Waals surface area contributed by atoms with E-state index in [1.54, 1.807) is 7.11 Å². The Morgan fingerprint density at radius 2 is 1.85 bits per heavy atom. The van der Waals surface area contributed by atoms with Crippen LogP contribution >= 0.6 is 24.0 Å². The van der Waals surface area contributed by atoms with Crippen molar-refractivity contribution in [3.05, 3.63) is 0 Å². The van der Waals surface area contributed by atoms with Crippen LogP contribution in [0, 0.1) is 5.41 Å². The Morgan fingerprint density at radius 1 is 1.23 bits per heavy atom. The maximum Gasteiger partial charge on any atom is 0.191 e. The van der Waals surface area contributed by atoms with Crippen LogP contribution in [0.2, 0.25) is 0 Å². The van der Waals surface area contributed by atoms with Crippen molar-refractivity contribution >= 4 is 29.9 Å². The van der Waals surface area contributed by atoms with Gasteiger partial charge in [0.05, 0.1) is 18.8 Å². The maximum absolute atomic E-state index is 5.65. The summed E-state index contributed by atoms with van der Waals surface area (Å²) in [5, 5.41) is 6.97. The Bertz CT molecular complexity index is 391. The van der Waals surface area contributed by atoms with Crippen LogP contribution in [-0.2, 0) is 9.47 Å². The summed E-state index contributed by atoms with van der Waals surface area (Å²) < 4.78 is 11.3. The first-order valence-corrected chi connectivity index (χ1v) is 9.60. The van der Waals surface area contributed by atoms with E-state index in [4.69, 9.17) is 9.47 Å². The van der Waals surface area contributed by atoms with Gasteiger partial charge in [0.1, 0.15) is 0 Å². The predicted octanol–water partition coefficient (Wildman–Crippen LogP) is 2.72. The SMILES string of the molecule is CN=C(NCC(OC)C(C)(C)C)NC1CCN(CCOC(C)C)CC1.I. The van der Waals surface area contributed by atoms with E-state index in [0.29, 0.717) is 12.1 Å². The first-order chi connectivity index (χ1) is 11.8. The number of ether oxygens (including phenoxy) is 2. The summed E-state index contributed by atoms with van der Waals surface area (Å²) in [5.41, 5.74) is 0.101. The highest BCUT2D eigenvalue weighted by Gasteiger charge is 2.25. The molecule has 0 bridgehead atoms. The van der Waals surface area contributed by atoms with Crippen LogP contribution in [0.5, 0.6) is 0 Å². The molecule has 0 aromatic rings. The number of nitrogens with zero attached hydrogens (tertiary/aromatic N) is 2. The number of rotatable bonds is 8. The van der Waals surface area contributed by atoms with Crippen molar-refractivity contribution in [3.8, 4) is 0 Å². The third kappa shape index (κ3) is 10.3. The van der Waals surface area contributed by atoms with E-state index in [1.165, 1.54) is 0 Å². The molecule has 1 fully saturated rings. The number of likely N-dealkylation sites (tertiary alicyclic amines) is 1. The lowest BCUT2D eigenvalue weighted by molar-refractivity contribution is 0.0204. The van der Waals surface area contributed by atoms with E-state index in [-0.39, 0.29) is 35.5 Å². The highest BCUT2D eigenvalue weighted by atomic mass is 127. The summed E-state index contributed by atoms with van der Waals surface area (Å²) in [7, 11) is 3.60. The molecule has 1 aliphatic rings. The molecule has 0 spiro atoms. The molecule has 6 nitrogen and oxygen atoms in total. The minimum atomic E-state index is 0. The second-order valence-electron chi connectivity index (χ2n) is 8.22. The van der Waals surface area contributed by atoms with Gasteiger partial charge < -0.3 is 25.0 Å². The Labute approximate surface area is 177 Å². The summed E-state index contributed by atoms with van der Waals surface area (Å²) in [4.78, 5) is 6.85. The molecule has 156 valence electrons. The van der Waals surface area contributed by atoms with Gasteiger partial charge in [-0.25, -0.2) is 0 Å². The van der Waals surface area contributed by atoms with E-state index >= 15 is 0 Å². The van der Waals surface area contributed by atoms with Crippen LogP contribution in [0.15, 0.2) is 4.99 Å². The zero-order valence-electron chi connectivity index (χ0n) is 17.8. The lowest BCUT2D eigenvalue weighted by Gasteiger charge is -2.34. The molecule has 1 rings (SSSR count). The molecule has 1 unspecified atom stereocenters. The first kappa shape index (κ1) is 25.9. The maximum atomic E-state index is 5.65. The van der Waals surface area contributed by atoms with Crippen molar-refractivity contribution in [3.63, 3.8) is 0 Å². The van der Waals surface area contributed by atoms with Gasteiger partial charge in [-0.05, 0) is 32.1 Å². The Hall–Kier alpha value is -0.120. The topological polar surface area (TPSA) is 58.1 Å². The van der Waals surface area contributed by atoms with Gasteiger partial charge in [-0.15, -0.1) is 24.0 Å². The average molecular weight is 484 g/mol. The molecule has 0 aromatic carbocycles. The lowest BCUT2D eigenvalue weighted by Crippen LogP contribution is -2.51. The zero-order valence-corrected chi connectivity index (χ0v) is 20.1. The number of halogens is 1. The summed E-state index contributed by atoms with van der Waals surface area (Å²) in [6.45, 7) is 15.6. The fourth-order valence-electron chi connectivity index (χ4n) is 3.04. The van der Waals surface area contributed by atoms with Crippen LogP contribution in [0.25, 0.3) is 0 Å². The third-order valence-electron chi connectivity index (χ3n) is 4.72. The van der Waals surface area contributed by atoms with Gasteiger partial charge >= 0.3 is 0 Å². The fourth-order valence-corrected chi connectivity index (χ4v) is 3.04. The van der Waals surface area contributed by atoms with Crippen molar-refractivity contribution in [1.82, 2.24) is 15.5 Å². The van der Waals surface area contributed by atoms with Gasteiger partial charge in [0.2, 0.25) is 0 Å². The quantitative estimate of drug-likeness (QED) is 0.315. The summed E-state index contributed by atoms with van der Waals surface area (Å²) in [5.74, 6) is 0.868. The minimum Gasteiger partial charge on any atom is -0.379 e. The Balaban J connectivity index is 0.00000625. The molecular formula is C19H41IN4O2. The number of hydrogen-bond donors (Lipinski definition) is 2. The molecule has 2 N–H and O–H groups in total. The molecule has 26 heavy (non-hydrogen) atoms. The molecule has 0 saturated carbocycles. The van der Waals surface area contributed by atoms with Gasteiger partial charge in [0.15, 0.2) is 5.96 Å². The molecule has 0 amide bonds. The molecule has 1 saturated heterocycles. The van der Waals surface area contributed by atoms with Crippen molar-refractivity contribution in [2.24, 2.45) is 10.4 Å². The van der Waals surface area contributed by atoms with E-state index in [1.807, 2.05) is 7.05 Å². The predicted molar refractivity (Wildman–Crippen MR) is 121 cm³/mol. The van der Waals surface area contributed by atoms with E-state index in [2.05, 4.69) is 55.1 Å². The van der Waals surface area contributed by atoms with Crippen LogP contribution < -0.4 is 10.6 Å². The number of methoxy groups -OCH3 is 1. The van der Waals surface area contributed by atoms with Gasteiger partial charge in [-0.2, -0.15) is 0 Å². The average Bonchev–Trinajstić information content (AvgIpc) is 2.54.